The average molecular weight is 579 g/mol. The third-order valence-corrected chi connectivity index (χ3v) is 6.06. The summed E-state index contributed by atoms with van der Waals surface area (Å²) >= 11 is 11.2. The first kappa shape index (κ1) is 18.2. The predicted molar refractivity (Wildman–Crippen MR) is 121 cm³/mol. The van der Waals surface area contributed by atoms with Gasteiger partial charge in [0.1, 0.15) is 5.75 Å². The number of methoxy groups -OCH3 is 1. The molecule has 0 saturated carbocycles. The third-order valence-electron chi connectivity index (χ3n) is 3.34. The number of hydrogen-bond acceptors (Lipinski definition) is 4. The second kappa shape index (κ2) is 7.71. The van der Waals surface area contributed by atoms with Gasteiger partial charge in [-0.15, -0.1) is 0 Å². The highest BCUT2D eigenvalue weighted by atomic mass is 127. The molecule has 1 heterocycles. The minimum atomic E-state index is -0.105. The topological polar surface area (TPSA) is 29.5 Å². The van der Waals surface area contributed by atoms with Crippen molar-refractivity contribution in [3.63, 3.8) is 0 Å². The molecule has 2 aromatic carbocycles. The van der Waals surface area contributed by atoms with Crippen LogP contribution in [0.3, 0.4) is 0 Å². The summed E-state index contributed by atoms with van der Waals surface area (Å²) in [7, 11) is 1.64. The molecule has 0 atom stereocenters. The van der Waals surface area contributed by atoms with Gasteiger partial charge in [0, 0.05) is 9.13 Å². The molecule has 2 aromatic rings. The van der Waals surface area contributed by atoms with Gasteiger partial charge in [0.15, 0.2) is 4.32 Å². The van der Waals surface area contributed by atoms with E-state index in [0.717, 1.165) is 24.1 Å². The van der Waals surface area contributed by atoms with Gasteiger partial charge in [0.25, 0.3) is 5.91 Å². The molecule has 1 fully saturated rings. The second-order valence-corrected chi connectivity index (χ2v) is 8.95. The lowest BCUT2D eigenvalue weighted by Gasteiger charge is -2.14. The Kier molecular flexibility index (Phi) is 5.83. The zero-order valence-corrected chi connectivity index (χ0v) is 18.4. The van der Waals surface area contributed by atoms with Gasteiger partial charge >= 0.3 is 0 Å². The smallest absolute Gasteiger partial charge is 0.270 e. The fraction of sp³-hybridized carbons (Fsp3) is 0.0588. The first-order valence-corrected chi connectivity index (χ1v) is 10.3. The van der Waals surface area contributed by atoms with E-state index in [4.69, 9.17) is 17.0 Å². The van der Waals surface area contributed by atoms with Crippen LogP contribution >= 0.6 is 69.2 Å². The van der Waals surface area contributed by atoms with E-state index in [9.17, 15) is 4.79 Å². The normalized spacial score (nSPS) is 16.1. The lowest BCUT2D eigenvalue weighted by molar-refractivity contribution is -0.113. The number of hydrogen-bond donors (Lipinski definition) is 0. The van der Waals surface area contributed by atoms with Crippen molar-refractivity contribution in [1.29, 1.82) is 0 Å². The summed E-state index contributed by atoms with van der Waals surface area (Å²) in [4.78, 5) is 15.0. The number of thioether (sulfide) groups is 1. The molecule has 0 N–H and O–H groups in total. The molecule has 3 nitrogen and oxygen atoms in total. The maximum atomic E-state index is 12.8. The summed E-state index contributed by atoms with van der Waals surface area (Å²) in [6, 6.07) is 13.5. The van der Waals surface area contributed by atoms with E-state index in [1.807, 2.05) is 48.5 Å². The maximum Gasteiger partial charge on any atom is 0.270 e. The molecule has 1 aliphatic heterocycles. The fourth-order valence-electron chi connectivity index (χ4n) is 2.31. The molecule has 0 unspecified atom stereocenters. The van der Waals surface area contributed by atoms with Crippen molar-refractivity contribution in [3.05, 3.63) is 60.1 Å². The summed E-state index contributed by atoms with van der Waals surface area (Å²) in [6.07, 6.45) is 1.85. The van der Waals surface area contributed by atoms with Crippen molar-refractivity contribution in [1.82, 2.24) is 0 Å². The van der Waals surface area contributed by atoms with Crippen LogP contribution in [0.2, 0.25) is 0 Å². The number of thiocarbonyl (C=S) groups is 1. The van der Waals surface area contributed by atoms with E-state index < -0.39 is 0 Å². The van der Waals surface area contributed by atoms with E-state index in [1.165, 1.54) is 11.8 Å². The van der Waals surface area contributed by atoms with Crippen LogP contribution in [0.4, 0.5) is 5.69 Å². The highest BCUT2D eigenvalue weighted by Gasteiger charge is 2.33. The number of nitrogens with zero attached hydrogens (tertiary/aromatic N) is 1. The minimum absolute atomic E-state index is 0.105. The Balaban J connectivity index is 2.01. The molecule has 0 aromatic heterocycles. The van der Waals surface area contributed by atoms with Gasteiger partial charge in [-0.05, 0) is 75.5 Å². The van der Waals surface area contributed by atoms with Gasteiger partial charge in [-0.3, -0.25) is 9.69 Å². The molecule has 1 aliphatic rings. The first-order valence-electron chi connectivity index (χ1n) is 6.87. The van der Waals surface area contributed by atoms with Crippen molar-refractivity contribution in [2.24, 2.45) is 0 Å². The van der Waals surface area contributed by atoms with Gasteiger partial charge in [-0.25, -0.2) is 0 Å². The SMILES string of the molecule is COc1c(I)cc(I)cc1/C=C1\SC(=S)N(c2ccccc2)C1=O. The molecular weight excluding hydrogens is 568 g/mol. The fourth-order valence-corrected chi connectivity index (χ4v) is 5.71. The van der Waals surface area contributed by atoms with Crippen molar-refractivity contribution < 1.29 is 9.53 Å². The predicted octanol–water partition coefficient (Wildman–Crippen LogP) is 5.31. The largest absolute Gasteiger partial charge is 0.495 e. The minimum Gasteiger partial charge on any atom is -0.495 e. The molecule has 122 valence electrons. The number of rotatable bonds is 3. The van der Waals surface area contributed by atoms with Gasteiger partial charge in [0.05, 0.1) is 21.3 Å². The Morgan fingerprint density at radius 1 is 1.21 bits per heavy atom. The molecule has 0 radical (unpaired) electrons. The van der Waals surface area contributed by atoms with E-state index in [2.05, 4.69) is 45.2 Å². The highest BCUT2D eigenvalue weighted by molar-refractivity contribution is 14.1. The molecule has 0 aliphatic carbocycles. The van der Waals surface area contributed by atoms with Gasteiger partial charge in [-0.2, -0.15) is 0 Å². The van der Waals surface area contributed by atoms with Gasteiger partial charge in [0.2, 0.25) is 0 Å². The Morgan fingerprint density at radius 3 is 2.58 bits per heavy atom. The Morgan fingerprint density at radius 2 is 1.92 bits per heavy atom. The van der Waals surface area contributed by atoms with E-state index in [-0.39, 0.29) is 5.91 Å². The van der Waals surface area contributed by atoms with Crippen LogP contribution in [-0.2, 0) is 4.79 Å². The number of benzene rings is 2. The molecule has 0 bridgehead atoms. The summed E-state index contributed by atoms with van der Waals surface area (Å²) in [6.45, 7) is 0. The average Bonchev–Trinajstić information content (AvgIpc) is 2.82. The molecule has 1 amide bonds. The summed E-state index contributed by atoms with van der Waals surface area (Å²) in [5.74, 6) is 0.660. The molecule has 0 spiro atoms. The number of halogens is 2. The Bertz CT molecular complexity index is 853. The summed E-state index contributed by atoms with van der Waals surface area (Å²) in [5, 5.41) is 0. The van der Waals surface area contributed by atoms with Crippen molar-refractivity contribution in [2.75, 3.05) is 12.0 Å². The first-order chi connectivity index (χ1) is 11.5. The number of carbonyl (C=O) groups excluding carboxylic acids is 1. The lowest BCUT2D eigenvalue weighted by Crippen LogP contribution is -2.27. The lowest BCUT2D eigenvalue weighted by atomic mass is 10.2. The van der Waals surface area contributed by atoms with E-state index in [1.54, 1.807) is 12.0 Å². The van der Waals surface area contributed by atoms with Crippen molar-refractivity contribution in [3.8, 4) is 5.75 Å². The zero-order valence-electron chi connectivity index (χ0n) is 12.5. The number of amides is 1. The number of anilines is 1. The molecule has 24 heavy (non-hydrogen) atoms. The highest BCUT2D eigenvalue weighted by Crippen LogP contribution is 2.38. The Hall–Kier alpha value is -0.650. The molecule has 1 saturated heterocycles. The summed E-state index contributed by atoms with van der Waals surface area (Å²) in [5.41, 5.74) is 1.66. The quantitative estimate of drug-likeness (QED) is 0.280. The number of para-hydroxylation sites is 1. The van der Waals surface area contributed by atoms with E-state index >= 15 is 0 Å². The van der Waals surface area contributed by atoms with E-state index in [0.29, 0.717) is 9.23 Å². The van der Waals surface area contributed by atoms with Crippen LogP contribution in [0.5, 0.6) is 5.75 Å². The molecule has 7 heteroatoms. The van der Waals surface area contributed by atoms with Crippen LogP contribution in [0, 0.1) is 7.14 Å². The maximum absolute atomic E-state index is 12.8. The van der Waals surface area contributed by atoms with Crippen LogP contribution in [0.1, 0.15) is 5.56 Å². The summed E-state index contributed by atoms with van der Waals surface area (Å²) < 4.78 is 8.12. The molecule has 3 rings (SSSR count). The number of ether oxygens (including phenoxy) is 1. The Labute approximate surface area is 177 Å². The molecular formula is C17H11I2NO2S2. The van der Waals surface area contributed by atoms with Crippen LogP contribution in [-0.4, -0.2) is 17.3 Å². The third kappa shape index (κ3) is 3.63. The van der Waals surface area contributed by atoms with Gasteiger partial charge < -0.3 is 4.74 Å². The van der Waals surface area contributed by atoms with Crippen LogP contribution in [0.15, 0.2) is 47.4 Å². The van der Waals surface area contributed by atoms with Crippen LogP contribution < -0.4 is 9.64 Å². The standard InChI is InChI=1S/C17H11I2NO2S2/c1-22-15-10(7-11(18)9-13(15)19)8-14-16(21)20(17(23)24-14)12-5-3-2-4-6-12/h2-9H,1H3/b14-8-. The van der Waals surface area contributed by atoms with Gasteiger partial charge in [-0.1, -0.05) is 42.2 Å². The number of carbonyl (C=O) groups is 1. The van der Waals surface area contributed by atoms with Crippen molar-refractivity contribution in [2.45, 2.75) is 0 Å². The van der Waals surface area contributed by atoms with Crippen molar-refractivity contribution >= 4 is 91.2 Å². The second-order valence-electron chi connectivity index (χ2n) is 4.86. The zero-order chi connectivity index (χ0) is 17.3. The monoisotopic (exact) mass is 579 g/mol. The van der Waals surface area contributed by atoms with Crippen LogP contribution in [0.25, 0.3) is 6.08 Å².